The zero-order valence-corrected chi connectivity index (χ0v) is 17.1. The minimum absolute atomic E-state index is 0.0472. The molecule has 0 aliphatic carbocycles. The van der Waals surface area contributed by atoms with Gasteiger partial charge in [0.25, 0.3) is 11.6 Å². The van der Waals surface area contributed by atoms with E-state index in [-0.39, 0.29) is 16.1 Å². The Morgan fingerprint density at radius 3 is 2.52 bits per heavy atom. The number of nitro groups is 1. The Morgan fingerprint density at radius 1 is 1.21 bits per heavy atom. The fraction of sp³-hybridized carbons (Fsp3) is 0.350. The van der Waals surface area contributed by atoms with E-state index in [1.54, 1.807) is 19.1 Å². The van der Waals surface area contributed by atoms with Crippen LogP contribution in [0.4, 0.5) is 11.4 Å². The van der Waals surface area contributed by atoms with Crippen LogP contribution in [-0.4, -0.2) is 36.6 Å². The summed E-state index contributed by atoms with van der Waals surface area (Å²) in [6.07, 6.45) is 1.85. The Balaban J connectivity index is 1.79. The van der Waals surface area contributed by atoms with Gasteiger partial charge in [0, 0.05) is 24.3 Å². The van der Waals surface area contributed by atoms with E-state index in [0.717, 1.165) is 12.8 Å². The number of amides is 1. The third-order valence-electron chi connectivity index (χ3n) is 5.03. The van der Waals surface area contributed by atoms with Gasteiger partial charge in [0.2, 0.25) is 10.0 Å². The van der Waals surface area contributed by atoms with Crippen molar-refractivity contribution in [2.75, 3.05) is 18.4 Å². The summed E-state index contributed by atoms with van der Waals surface area (Å²) in [5, 5.41) is 13.9. The van der Waals surface area contributed by atoms with Crippen molar-refractivity contribution in [2.45, 2.75) is 31.6 Å². The Hall–Kier alpha value is -2.78. The second-order valence-electron chi connectivity index (χ2n) is 7.32. The third-order valence-corrected chi connectivity index (χ3v) is 6.91. The maximum absolute atomic E-state index is 12.8. The lowest BCUT2D eigenvalue weighted by Crippen LogP contribution is -2.39. The number of carbonyl (C=O) groups is 1. The second-order valence-corrected chi connectivity index (χ2v) is 9.26. The van der Waals surface area contributed by atoms with Crippen molar-refractivity contribution in [2.24, 2.45) is 5.92 Å². The zero-order valence-electron chi connectivity index (χ0n) is 16.3. The maximum atomic E-state index is 12.8. The molecule has 0 unspecified atom stereocenters. The lowest BCUT2D eigenvalue weighted by molar-refractivity contribution is -0.385. The second kappa shape index (κ2) is 8.30. The Morgan fingerprint density at radius 2 is 1.90 bits per heavy atom. The quantitative estimate of drug-likeness (QED) is 0.591. The van der Waals surface area contributed by atoms with Crippen LogP contribution in [-0.2, 0) is 10.0 Å². The van der Waals surface area contributed by atoms with E-state index in [2.05, 4.69) is 5.32 Å². The van der Waals surface area contributed by atoms with Gasteiger partial charge < -0.3 is 5.32 Å². The fourth-order valence-electron chi connectivity index (χ4n) is 3.51. The number of piperidine rings is 1. The van der Waals surface area contributed by atoms with E-state index in [1.165, 1.54) is 34.6 Å². The van der Waals surface area contributed by atoms with Crippen molar-refractivity contribution in [3.63, 3.8) is 0 Å². The van der Waals surface area contributed by atoms with Crippen molar-refractivity contribution in [1.82, 2.24) is 4.31 Å². The monoisotopic (exact) mass is 417 g/mol. The number of nitrogens with zero attached hydrogens (tertiary/aromatic N) is 2. The Bertz CT molecular complexity index is 1030. The van der Waals surface area contributed by atoms with Crippen LogP contribution in [0.2, 0.25) is 0 Å². The van der Waals surface area contributed by atoms with Crippen LogP contribution in [0.5, 0.6) is 0 Å². The highest BCUT2D eigenvalue weighted by Crippen LogP contribution is 2.26. The van der Waals surface area contributed by atoms with Gasteiger partial charge in [0.1, 0.15) is 5.56 Å². The molecule has 1 aliphatic heterocycles. The number of hydrogen-bond acceptors (Lipinski definition) is 5. The molecule has 0 saturated carbocycles. The van der Waals surface area contributed by atoms with Gasteiger partial charge in [-0.2, -0.15) is 4.31 Å². The van der Waals surface area contributed by atoms with Gasteiger partial charge in [-0.25, -0.2) is 8.42 Å². The van der Waals surface area contributed by atoms with Crippen LogP contribution in [0.3, 0.4) is 0 Å². The van der Waals surface area contributed by atoms with E-state index in [4.69, 9.17) is 0 Å². The first-order chi connectivity index (χ1) is 13.7. The average molecular weight is 417 g/mol. The van der Waals surface area contributed by atoms with Crippen LogP contribution in [0.1, 0.15) is 35.7 Å². The average Bonchev–Trinajstić information content (AvgIpc) is 2.68. The number of benzene rings is 2. The SMILES string of the molecule is Cc1cccc(C(=O)Nc2ccc(S(=O)(=O)N3CCC[C@@H](C)C3)cc2)c1[N+](=O)[O-]. The zero-order chi connectivity index (χ0) is 21.2. The molecule has 29 heavy (non-hydrogen) atoms. The number of nitrogens with one attached hydrogen (secondary N) is 1. The van der Waals surface area contributed by atoms with Gasteiger partial charge in [-0.1, -0.05) is 19.1 Å². The minimum atomic E-state index is -3.58. The first-order valence-electron chi connectivity index (χ1n) is 9.35. The highest BCUT2D eigenvalue weighted by Gasteiger charge is 2.28. The molecular weight excluding hydrogens is 394 g/mol. The number of sulfonamides is 1. The molecule has 2 aromatic rings. The first-order valence-corrected chi connectivity index (χ1v) is 10.8. The topological polar surface area (TPSA) is 110 Å². The number of anilines is 1. The van der Waals surface area contributed by atoms with Crippen molar-refractivity contribution < 1.29 is 18.1 Å². The number of nitro benzene ring substituents is 1. The fourth-order valence-corrected chi connectivity index (χ4v) is 5.11. The Labute approximate surface area is 169 Å². The van der Waals surface area contributed by atoms with Gasteiger partial charge in [-0.05, 0) is 56.0 Å². The molecular formula is C20H23N3O5S. The van der Waals surface area contributed by atoms with E-state index in [9.17, 15) is 23.3 Å². The van der Waals surface area contributed by atoms with Gasteiger partial charge in [0.15, 0.2) is 0 Å². The van der Waals surface area contributed by atoms with Gasteiger partial charge in [-0.15, -0.1) is 0 Å². The van der Waals surface area contributed by atoms with Crippen LogP contribution >= 0.6 is 0 Å². The molecule has 0 spiro atoms. The summed E-state index contributed by atoms with van der Waals surface area (Å²) in [6, 6.07) is 10.4. The molecule has 1 amide bonds. The molecule has 2 aromatic carbocycles. The molecule has 1 saturated heterocycles. The lowest BCUT2D eigenvalue weighted by atomic mass is 10.0. The van der Waals surface area contributed by atoms with Gasteiger partial charge in [-0.3, -0.25) is 14.9 Å². The summed E-state index contributed by atoms with van der Waals surface area (Å²) in [5.74, 6) is -0.303. The summed E-state index contributed by atoms with van der Waals surface area (Å²) in [7, 11) is -3.58. The summed E-state index contributed by atoms with van der Waals surface area (Å²) in [6.45, 7) is 4.60. The van der Waals surface area contributed by atoms with Crippen molar-refractivity contribution in [1.29, 1.82) is 0 Å². The first kappa shape index (κ1) is 20.9. The molecule has 0 aromatic heterocycles. The highest BCUT2D eigenvalue weighted by atomic mass is 32.2. The normalized spacial score (nSPS) is 17.7. The summed E-state index contributed by atoms with van der Waals surface area (Å²) in [4.78, 5) is 23.4. The molecule has 3 rings (SSSR count). The molecule has 8 nitrogen and oxygen atoms in total. The number of para-hydroxylation sites is 1. The van der Waals surface area contributed by atoms with Crippen molar-refractivity contribution in [3.8, 4) is 0 Å². The highest BCUT2D eigenvalue weighted by molar-refractivity contribution is 7.89. The molecule has 1 fully saturated rings. The largest absolute Gasteiger partial charge is 0.322 e. The number of rotatable bonds is 5. The van der Waals surface area contributed by atoms with Crippen LogP contribution in [0.25, 0.3) is 0 Å². The van der Waals surface area contributed by atoms with Crippen LogP contribution < -0.4 is 5.32 Å². The standard InChI is InChI=1S/C20H23N3O5S/c1-14-5-4-12-22(13-14)29(27,28)17-10-8-16(9-11-17)21-20(24)18-7-3-6-15(2)19(18)23(25)26/h3,6-11,14H,4-5,12-13H2,1-2H3,(H,21,24)/t14-/m1/s1. The molecule has 1 heterocycles. The number of aryl methyl sites for hydroxylation is 1. The molecule has 9 heteroatoms. The van der Waals surface area contributed by atoms with Crippen molar-refractivity contribution in [3.05, 3.63) is 63.7 Å². The molecule has 1 atom stereocenters. The molecule has 1 aliphatic rings. The van der Waals surface area contributed by atoms with E-state index >= 15 is 0 Å². The lowest BCUT2D eigenvalue weighted by Gasteiger charge is -2.30. The molecule has 0 bridgehead atoms. The number of carbonyl (C=O) groups excluding carboxylic acids is 1. The Kier molecular flexibility index (Phi) is 5.99. The third kappa shape index (κ3) is 4.46. The minimum Gasteiger partial charge on any atom is -0.322 e. The predicted octanol–water partition coefficient (Wildman–Crippen LogP) is 3.58. The molecule has 1 N–H and O–H groups in total. The van der Waals surface area contributed by atoms with Crippen LogP contribution in [0.15, 0.2) is 47.4 Å². The summed E-state index contributed by atoms with van der Waals surface area (Å²) >= 11 is 0. The smallest absolute Gasteiger partial charge is 0.285 e. The van der Waals surface area contributed by atoms with E-state index < -0.39 is 20.9 Å². The number of hydrogen-bond donors (Lipinski definition) is 1. The van der Waals surface area contributed by atoms with Crippen molar-refractivity contribution >= 4 is 27.3 Å². The maximum Gasteiger partial charge on any atom is 0.285 e. The van der Waals surface area contributed by atoms with E-state index in [1.807, 2.05) is 6.92 Å². The molecule has 0 radical (unpaired) electrons. The van der Waals surface area contributed by atoms with E-state index in [0.29, 0.717) is 30.3 Å². The summed E-state index contributed by atoms with van der Waals surface area (Å²) in [5.41, 5.74) is 0.453. The molecule has 154 valence electrons. The summed E-state index contributed by atoms with van der Waals surface area (Å²) < 4.78 is 27.1. The van der Waals surface area contributed by atoms with Crippen LogP contribution in [0, 0.1) is 23.0 Å². The predicted molar refractivity (Wildman–Crippen MR) is 109 cm³/mol. The van der Waals surface area contributed by atoms with Gasteiger partial charge in [0.05, 0.1) is 9.82 Å². The van der Waals surface area contributed by atoms with Gasteiger partial charge >= 0.3 is 0 Å².